The van der Waals surface area contributed by atoms with Crippen molar-refractivity contribution in [3.63, 3.8) is 0 Å². The zero-order valence-electron chi connectivity index (χ0n) is 21.8. The number of aryl methyl sites for hydroxylation is 1. The Hall–Kier alpha value is -1.37. The van der Waals surface area contributed by atoms with Gasteiger partial charge >= 0.3 is 229 Å². The average molecular weight is 586 g/mol. The molecule has 0 heterocycles. The van der Waals surface area contributed by atoms with Gasteiger partial charge in [0.2, 0.25) is 0 Å². The Morgan fingerprint density at radius 2 is 1.20 bits per heavy atom. The van der Waals surface area contributed by atoms with Crippen molar-refractivity contribution in [3.05, 3.63) is 98.6 Å². The molecular formula is C33H40PSn. The Balaban J connectivity index is 1.93. The van der Waals surface area contributed by atoms with E-state index in [1.807, 2.05) is 0 Å². The Labute approximate surface area is 228 Å². The van der Waals surface area contributed by atoms with Crippen LogP contribution in [0.25, 0.3) is 5.57 Å². The Morgan fingerprint density at radius 1 is 0.657 bits per heavy atom. The van der Waals surface area contributed by atoms with Gasteiger partial charge in [0.05, 0.1) is 0 Å². The third-order valence-corrected chi connectivity index (χ3v) is 12.5. The molecule has 0 spiro atoms. The number of hydrogen-bond acceptors (Lipinski definition) is 0. The van der Waals surface area contributed by atoms with Crippen molar-refractivity contribution in [2.24, 2.45) is 0 Å². The number of fused-ring (bicyclic) bond motifs is 1. The summed E-state index contributed by atoms with van der Waals surface area (Å²) in [6.07, 6.45) is 11.4. The van der Waals surface area contributed by atoms with Crippen molar-refractivity contribution in [1.82, 2.24) is 0 Å². The summed E-state index contributed by atoms with van der Waals surface area (Å²) < 4.78 is 1.73. The number of unbranched alkanes of at least 4 members (excludes halogenated alkanes) is 3. The van der Waals surface area contributed by atoms with Gasteiger partial charge in [-0.2, -0.15) is 0 Å². The van der Waals surface area contributed by atoms with Gasteiger partial charge in [0.25, 0.3) is 0 Å². The Kier molecular flexibility index (Phi) is 10.1. The summed E-state index contributed by atoms with van der Waals surface area (Å²) in [5.74, 6) is 0. The molecule has 1 aliphatic carbocycles. The van der Waals surface area contributed by atoms with Crippen LogP contribution in [0.1, 0.15) is 93.6 Å². The van der Waals surface area contributed by atoms with Crippen LogP contribution in [0.2, 0.25) is 0 Å². The molecule has 0 aliphatic heterocycles. The predicted octanol–water partition coefficient (Wildman–Crippen LogP) is 8.63. The first kappa shape index (κ1) is 26.7. The molecule has 0 aromatic heterocycles. The summed E-state index contributed by atoms with van der Waals surface area (Å²) in [6, 6.07) is 27.8. The SMILES string of the molecule is CCCCC1=[C]([Sn])C(P(c2ccccc2)c2ccccc2)c2ccc(CCCC)c(CCCC)c21. The van der Waals surface area contributed by atoms with Crippen molar-refractivity contribution in [2.45, 2.75) is 84.2 Å². The molecule has 181 valence electrons. The van der Waals surface area contributed by atoms with Gasteiger partial charge in [-0.1, -0.05) is 0 Å². The van der Waals surface area contributed by atoms with E-state index in [-0.39, 0.29) is 0 Å². The standard InChI is InChI=1S/C33H40P.Sn/c1-4-7-16-26-23-24-31-32(25-27(17-8-5-2)33(31)30(26)22-9-6-3)34(28-18-12-10-13-19-28)29-20-14-11-15-21-29;/h10-15,18-21,23-24,32H,4-9,16-17,22H2,1-3H3;. The molecule has 0 amide bonds. The summed E-state index contributed by atoms with van der Waals surface area (Å²) in [5.41, 5.74) is 8.86. The topological polar surface area (TPSA) is 0 Å². The first-order valence-electron chi connectivity index (χ1n) is 13.7. The minimum absolute atomic E-state index is 0.501. The molecule has 0 fully saturated rings. The number of allylic oxidation sites excluding steroid dienone is 2. The fraction of sp³-hybridized carbons (Fsp3) is 0.394. The molecular weight excluding hydrogens is 546 g/mol. The zero-order valence-corrected chi connectivity index (χ0v) is 25.6. The van der Waals surface area contributed by atoms with Crippen molar-refractivity contribution >= 4 is 46.6 Å². The molecule has 3 aromatic carbocycles. The van der Waals surface area contributed by atoms with E-state index in [9.17, 15) is 0 Å². The molecule has 4 rings (SSSR count). The van der Waals surface area contributed by atoms with Crippen molar-refractivity contribution in [2.75, 3.05) is 0 Å². The second-order valence-corrected chi connectivity index (χ2v) is 13.6. The van der Waals surface area contributed by atoms with Crippen LogP contribution in [0.4, 0.5) is 0 Å². The van der Waals surface area contributed by atoms with Gasteiger partial charge < -0.3 is 0 Å². The summed E-state index contributed by atoms with van der Waals surface area (Å²) in [4.78, 5) is 0. The van der Waals surface area contributed by atoms with Crippen LogP contribution in [0.3, 0.4) is 0 Å². The van der Waals surface area contributed by atoms with Crippen LogP contribution >= 0.6 is 7.92 Å². The van der Waals surface area contributed by atoms with Gasteiger partial charge in [-0.15, -0.1) is 0 Å². The fourth-order valence-electron chi connectivity index (χ4n) is 5.49. The fourth-order valence-corrected chi connectivity index (χ4v) is 10.5. The molecule has 35 heavy (non-hydrogen) atoms. The van der Waals surface area contributed by atoms with Crippen LogP contribution < -0.4 is 10.6 Å². The van der Waals surface area contributed by atoms with Crippen molar-refractivity contribution < 1.29 is 0 Å². The van der Waals surface area contributed by atoms with Gasteiger partial charge in [-0.25, -0.2) is 0 Å². The summed E-state index contributed by atoms with van der Waals surface area (Å²) >= 11 is 1.61. The Bertz CT molecular complexity index is 1080. The third-order valence-electron chi connectivity index (χ3n) is 7.32. The number of benzene rings is 3. The van der Waals surface area contributed by atoms with E-state index < -0.39 is 7.92 Å². The normalized spacial score (nSPS) is 15.2. The van der Waals surface area contributed by atoms with E-state index in [4.69, 9.17) is 0 Å². The molecule has 1 atom stereocenters. The average Bonchev–Trinajstić information content (AvgIpc) is 3.17. The first-order valence-corrected chi connectivity index (χ1v) is 16.5. The molecule has 0 bridgehead atoms. The maximum absolute atomic E-state index is 2.55. The second-order valence-electron chi connectivity index (χ2n) is 9.81. The van der Waals surface area contributed by atoms with Gasteiger partial charge in [0.1, 0.15) is 0 Å². The van der Waals surface area contributed by atoms with Gasteiger partial charge in [-0.3, -0.25) is 0 Å². The maximum atomic E-state index is 2.55. The molecule has 0 saturated carbocycles. The van der Waals surface area contributed by atoms with Crippen molar-refractivity contribution in [1.29, 1.82) is 0 Å². The zero-order chi connectivity index (χ0) is 24.6. The van der Waals surface area contributed by atoms with Crippen molar-refractivity contribution in [3.8, 4) is 0 Å². The van der Waals surface area contributed by atoms with Gasteiger partial charge in [0.15, 0.2) is 0 Å². The molecule has 0 saturated heterocycles. The van der Waals surface area contributed by atoms with E-state index in [0.29, 0.717) is 5.66 Å². The summed E-state index contributed by atoms with van der Waals surface area (Å²) in [6.45, 7) is 7.00. The van der Waals surface area contributed by atoms with Crippen LogP contribution in [0.5, 0.6) is 0 Å². The molecule has 0 N–H and O–H groups in total. The van der Waals surface area contributed by atoms with Crippen LogP contribution in [-0.4, -0.2) is 22.5 Å². The first-order chi connectivity index (χ1) is 17.2. The molecule has 0 nitrogen and oxygen atoms in total. The number of hydrogen-bond donors (Lipinski definition) is 0. The van der Waals surface area contributed by atoms with E-state index in [1.165, 1.54) is 68.4 Å². The summed E-state index contributed by atoms with van der Waals surface area (Å²) in [7, 11) is -0.501. The van der Waals surface area contributed by atoms with E-state index in [2.05, 4.69) is 93.6 Å². The van der Waals surface area contributed by atoms with Crippen LogP contribution in [0.15, 0.2) is 76.4 Å². The number of rotatable bonds is 12. The molecule has 1 unspecified atom stereocenters. The summed E-state index contributed by atoms with van der Waals surface area (Å²) in [5, 5.41) is 3.01. The van der Waals surface area contributed by atoms with E-state index in [0.717, 1.165) is 0 Å². The quantitative estimate of drug-likeness (QED) is 0.147. The minimum atomic E-state index is -0.501. The van der Waals surface area contributed by atoms with Crippen LogP contribution in [0, 0.1) is 0 Å². The molecule has 3 aromatic rings. The van der Waals surface area contributed by atoms with E-state index in [1.54, 1.807) is 53.9 Å². The van der Waals surface area contributed by atoms with Gasteiger partial charge in [-0.05, 0) is 0 Å². The molecule has 3 radical (unpaired) electrons. The molecule has 2 heteroatoms. The van der Waals surface area contributed by atoms with Crippen LogP contribution in [-0.2, 0) is 12.8 Å². The Morgan fingerprint density at radius 3 is 1.77 bits per heavy atom. The van der Waals surface area contributed by atoms with E-state index >= 15 is 0 Å². The third kappa shape index (κ3) is 5.97. The predicted molar refractivity (Wildman–Crippen MR) is 158 cm³/mol. The second kappa shape index (κ2) is 13.3. The van der Waals surface area contributed by atoms with Gasteiger partial charge in [0, 0.05) is 0 Å². The monoisotopic (exact) mass is 587 g/mol. The molecule has 1 aliphatic rings.